The van der Waals surface area contributed by atoms with E-state index in [2.05, 4.69) is 10.1 Å². The lowest BCUT2D eigenvalue weighted by molar-refractivity contribution is 0.318. The average molecular weight is 153 g/mol. The fourth-order valence-corrected chi connectivity index (χ4v) is 0.845. The summed E-state index contributed by atoms with van der Waals surface area (Å²) in [7, 11) is 0. The maximum atomic E-state index is 8.31. The molecule has 0 aromatic carbocycles. The van der Waals surface area contributed by atoms with Gasteiger partial charge in [-0.2, -0.15) is 0 Å². The van der Waals surface area contributed by atoms with Crippen molar-refractivity contribution in [2.24, 2.45) is 10.9 Å². The minimum absolute atomic E-state index is 0.115. The van der Waals surface area contributed by atoms with Crippen LogP contribution in [0.5, 0.6) is 0 Å². The van der Waals surface area contributed by atoms with Gasteiger partial charge in [0, 0.05) is 6.20 Å². The fraction of sp³-hybridized carbons (Fsp3) is 0.286. The second kappa shape index (κ2) is 3.09. The van der Waals surface area contributed by atoms with Gasteiger partial charge >= 0.3 is 0 Å². The van der Waals surface area contributed by atoms with Crippen molar-refractivity contribution in [1.82, 2.24) is 4.98 Å². The van der Waals surface area contributed by atoms with Gasteiger partial charge in [0.1, 0.15) is 0 Å². The molecule has 4 nitrogen and oxygen atoms in total. The average Bonchev–Trinajstić information content (AvgIpc) is 2.50. The Morgan fingerprint density at radius 3 is 3.00 bits per heavy atom. The van der Waals surface area contributed by atoms with Gasteiger partial charge in [0.05, 0.1) is 5.69 Å². The third kappa shape index (κ3) is 1.52. The van der Waals surface area contributed by atoms with Crippen LogP contribution < -0.4 is 5.73 Å². The van der Waals surface area contributed by atoms with Gasteiger partial charge in [0.25, 0.3) is 0 Å². The standard InChI is InChI=1S/C7H11N3O/c1-2-5-3-6(9-4-5)7(8)10-11/h3-4,9,11H,2H2,1H3,(H2,8,10). The number of aromatic nitrogens is 1. The molecule has 0 aliphatic rings. The van der Waals surface area contributed by atoms with Crippen molar-refractivity contribution < 1.29 is 5.21 Å². The van der Waals surface area contributed by atoms with Gasteiger partial charge in [-0.1, -0.05) is 12.1 Å². The van der Waals surface area contributed by atoms with Gasteiger partial charge in [-0.25, -0.2) is 0 Å². The molecule has 0 amide bonds. The molecule has 0 radical (unpaired) electrons. The lowest BCUT2D eigenvalue weighted by atomic mass is 10.2. The number of amidine groups is 1. The van der Waals surface area contributed by atoms with Crippen LogP contribution in [0, 0.1) is 0 Å². The van der Waals surface area contributed by atoms with E-state index in [1.54, 1.807) is 0 Å². The summed E-state index contributed by atoms with van der Waals surface area (Å²) in [6, 6.07) is 1.86. The Morgan fingerprint density at radius 2 is 2.55 bits per heavy atom. The molecule has 1 rings (SSSR count). The summed E-state index contributed by atoms with van der Waals surface area (Å²) in [6.07, 6.45) is 2.78. The van der Waals surface area contributed by atoms with Crippen LogP contribution >= 0.6 is 0 Å². The summed E-state index contributed by atoms with van der Waals surface area (Å²) >= 11 is 0. The zero-order valence-electron chi connectivity index (χ0n) is 6.33. The highest BCUT2D eigenvalue weighted by atomic mass is 16.4. The Morgan fingerprint density at radius 1 is 1.82 bits per heavy atom. The highest BCUT2D eigenvalue weighted by molar-refractivity contribution is 5.95. The van der Waals surface area contributed by atoms with Crippen LogP contribution in [0.2, 0.25) is 0 Å². The number of rotatable bonds is 2. The first-order valence-corrected chi connectivity index (χ1v) is 3.43. The molecular weight excluding hydrogens is 142 g/mol. The van der Waals surface area contributed by atoms with E-state index in [0.29, 0.717) is 5.69 Å². The number of nitrogens with two attached hydrogens (primary N) is 1. The zero-order valence-corrected chi connectivity index (χ0v) is 6.33. The molecule has 0 aliphatic heterocycles. The molecule has 4 N–H and O–H groups in total. The van der Waals surface area contributed by atoms with Crippen LogP contribution in [0.15, 0.2) is 17.4 Å². The SMILES string of the molecule is CCc1c[nH]c(/C(N)=N/O)c1. The fourth-order valence-electron chi connectivity index (χ4n) is 0.845. The number of nitrogens with one attached hydrogen (secondary N) is 1. The first-order chi connectivity index (χ1) is 5.27. The first kappa shape index (κ1) is 7.65. The number of hydrogen-bond donors (Lipinski definition) is 3. The number of oxime groups is 1. The molecule has 0 aliphatic carbocycles. The summed E-state index contributed by atoms with van der Waals surface area (Å²) in [5.41, 5.74) is 7.13. The molecule has 0 fully saturated rings. The minimum Gasteiger partial charge on any atom is -0.409 e. The van der Waals surface area contributed by atoms with Crippen molar-refractivity contribution in [3.05, 3.63) is 23.5 Å². The van der Waals surface area contributed by atoms with Crippen molar-refractivity contribution >= 4 is 5.84 Å². The van der Waals surface area contributed by atoms with Gasteiger partial charge in [0.15, 0.2) is 5.84 Å². The van der Waals surface area contributed by atoms with Gasteiger partial charge in [-0.3, -0.25) is 0 Å². The van der Waals surface area contributed by atoms with Crippen molar-refractivity contribution in [2.75, 3.05) is 0 Å². The normalized spacial score (nSPS) is 11.9. The second-order valence-electron chi connectivity index (χ2n) is 2.26. The monoisotopic (exact) mass is 153 g/mol. The number of nitrogens with zero attached hydrogens (tertiary/aromatic N) is 1. The predicted molar refractivity (Wildman–Crippen MR) is 42.7 cm³/mol. The van der Waals surface area contributed by atoms with E-state index in [1.807, 2.05) is 19.2 Å². The highest BCUT2D eigenvalue weighted by Gasteiger charge is 2.00. The van der Waals surface area contributed by atoms with Crippen LogP contribution in [0.3, 0.4) is 0 Å². The lowest BCUT2D eigenvalue weighted by Gasteiger charge is -1.89. The van der Waals surface area contributed by atoms with Crippen molar-refractivity contribution in [2.45, 2.75) is 13.3 Å². The van der Waals surface area contributed by atoms with Crippen LogP contribution in [0.1, 0.15) is 18.2 Å². The van der Waals surface area contributed by atoms with Crippen LogP contribution in [-0.2, 0) is 6.42 Å². The van der Waals surface area contributed by atoms with E-state index in [-0.39, 0.29) is 5.84 Å². The molecule has 0 unspecified atom stereocenters. The molecule has 1 aromatic heterocycles. The summed E-state index contributed by atoms with van der Waals surface area (Å²) in [5.74, 6) is 0.115. The molecule has 11 heavy (non-hydrogen) atoms. The van der Waals surface area contributed by atoms with Gasteiger partial charge in [0.2, 0.25) is 0 Å². The Bertz CT molecular complexity index is 264. The predicted octanol–water partition coefficient (Wildman–Crippen LogP) is 0.672. The van der Waals surface area contributed by atoms with E-state index in [4.69, 9.17) is 10.9 Å². The highest BCUT2D eigenvalue weighted by Crippen LogP contribution is 2.02. The molecule has 0 bridgehead atoms. The van der Waals surface area contributed by atoms with Crippen molar-refractivity contribution in [1.29, 1.82) is 0 Å². The molecule has 0 spiro atoms. The molecule has 1 aromatic rings. The van der Waals surface area contributed by atoms with E-state index < -0.39 is 0 Å². The Labute approximate surface area is 64.7 Å². The van der Waals surface area contributed by atoms with Crippen LogP contribution in [-0.4, -0.2) is 16.0 Å². The summed E-state index contributed by atoms with van der Waals surface area (Å²) < 4.78 is 0. The Kier molecular flexibility index (Phi) is 2.15. The number of H-pyrrole nitrogens is 1. The quantitative estimate of drug-likeness (QED) is 0.253. The van der Waals surface area contributed by atoms with Gasteiger partial charge in [-0.15, -0.1) is 0 Å². The Hall–Kier alpha value is -1.45. The molecule has 60 valence electrons. The molecule has 0 atom stereocenters. The maximum absolute atomic E-state index is 8.31. The lowest BCUT2D eigenvalue weighted by Crippen LogP contribution is -2.13. The number of aromatic amines is 1. The van der Waals surface area contributed by atoms with Crippen LogP contribution in [0.4, 0.5) is 0 Å². The molecule has 0 saturated heterocycles. The summed E-state index contributed by atoms with van der Waals surface area (Å²) in [6.45, 7) is 2.04. The van der Waals surface area contributed by atoms with Gasteiger partial charge in [-0.05, 0) is 18.1 Å². The number of aryl methyl sites for hydroxylation is 1. The minimum atomic E-state index is 0.115. The Balaban J connectivity index is 2.89. The number of hydrogen-bond acceptors (Lipinski definition) is 2. The van der Waals surface area contributed by atoms with E-state index in [0.717, 1.165) is 12.0 Å². The van der Waals surface area contributed by atoms with Crippen molar-refractivity contribution in [3.63, 3.8) is 0 Å². The second-order valence-corrected chi connectivity index (χ2v) is 2.26. The summed E-state index contributed by atoms with van der Waals surface area (Å²) in [4.78, 5) is 2.89. The first-order valence-electron chi connectivity index (χ1n) is 3.43. The zero-order chi connectivity index (χ0) is 8.27. The maximum Gasteiger partial charge on any atom is 0.186 e. The smallest absolute Gasteiger partial charge is 0.186 e. The van der Waals surface area contributed by atoms with E-state index in [1.165, 1.54) is 0 Å². The molecule has 0 saturated carbocycles. The third-order valence-corrected chi connectivity index (χ3v) is 1.53. The van der Waals surface area contributed by atoms with Crippen LogP contribution in [0.25, 0.3) is 0 Å². The molecule has 1 heterocycles. The molecule has 4 heteroatoms. The van der Waals surface area contributed by atoms with Gasteiger partial charge < -0.3 is 15.9 Å². The van der Waals surface area contributed by atoms with E-state index >= 15 is 0 Å². The largest absolute Gasteiger partial charge is 0.409 e. The van der Waals surface area contributed by atoms with E-state index in [9.17, 15) is 0 Å². The molecular formula is C7H11N3O. The summed E-state index contributed by atoms with van der Waals surface area (Å²) in [5, 5.41) is 11.2. The van der Waals surface area contributed by atoms with Crippen molar-refractivity contribution in [3.8, 4) is 0 Å². The third-order valence-electron chi connectivity index (χ3n) is 1.53. The topological polar surface area (TPSA) is 74.4 Å².